The number of amides is 1. The molecule has 0 radical (unpaired) electrons. The van der Waals surface area contributed by atoms with E-state index in [9.17, 15) is 9.90 Å². The first-order valence-corrected chi connectivity index (χ1v) is 9.69. The molecule has 0 aliphatic rings. The zero-order valence-corrected chi connectivity index (χ0v) is 17.2. The summed E-state index contributed by atoms with van der Waals surface area (Å²) in [5, 5.41) is 9.49. The minimum absolute atomic E-state index is 0.0927. The van der Waals surface area contributed by atoms with Gasteiger partial charge in [-0.2, -0.15) is 0 Å². The molecule has 0 spiro atoms. The Kier molecular flexibility index (Phi) is 6.62. The van der Waals surface area contributed by atoms with E-state index >= 15 is 0 Å². The molecule has 0 saturated carbocycles. The highest BCUT2D eigenvalue weighted by molar-refractivity contribution is 5.99. The van der Waals surface area contributed by atoms with Crippen LogP contribution in [0, 0.1) is 6.92 Å². The fraction of sp³-hybridized carbons (Fsp3) is 0.250. The van der Waals surface area contributed by atoms with Crippen molar-refractivity contribution in [1.29, 1.82) is 0 Å². The number of aromatic nitrogens is 1. The number of carbonyl (C=O) groups is 1. The van der Waals surface area contributed by atoms with Crippen molar-refractivity contribution in [3.05, 3.63) is 83.4 Å². The van der Waals surface area contributed by atoms with Gasteiger partial charge in [-0.1, -0.05) is 54.6 Å². The number of anilines is 1. The van der Waals surface area contributed by atoms with Crippen LogP contribution in [0.1, 0.15) is 21.5 Å². The van der Waals surface area contributed by atoms with Gasteiger partial charge in [-0.3, -0.25) is 4.79 Å². The Hall–Kier alpha value is -3.18. The van der Waals surface area contributed by atoms with Crippen LogP contribution >= 0.6 is 0 Å². The fourth-order valence-electron chi connectivity index (χ4n) is 3.31. The quantitative estimate of drug-likeness (QED) is 0.669. The molecular weight excluding hydrogens is 362 g/mol. The molecule has 0 unspecified atom stereocenters. The van der Waals surface area contributed by atoms with E-state index < -0.39 is 0 Å². The molecule has 0 atom stereocenters. The lowest BCUT2D eigenvalue weighted by Gasteiger charge is -2.25. The number of benzene rings is 2. The smallest absolute Gasteiger partial charge is 0.257 e. The maximum absolute atomic E-state index is 13.3. The fourth-order valence-corrected chi connectivity index (χ4v) is 3.31. The van der Waals surface area contributed by atoms with Gasteiger partial charge in [0.25, 0.3) is 5.91 Å². The van der Waals surface area contributed by atoms with E-state index in [0.717, 1.165) is 22.4 Å². The average Bonchev–Trinajstić information content (AvgIpc) is 2.73. The standard InChI is InChI=1S/C24H27N3O2/c1-18-9-7-8-12-20(18)22-14-13-21(23(25-22)26(2)3)24(29)27(15-16-28)17-19-10-5-4-6-11-19/h4-14,28H,15-17H2,1-3H3. The van der Waals surface area contributed by atoms with Gasteiger partial charge in [0.15, 0.2) is 0 Å². The molecule has 0 aliphatic carbocycles. The molecule has 2 aromatic carbocycles. The minimum atomic E-state index is -0.143. The van der Waals surface area contributed by atoms with E-state index in [1.165, 1.54) is 0 Å². The number of aryl methyl sites for hydroxylation is 1. The highest BCUT2D eigenvalue weighted by Crippen LogP contribution is 2.27. The molecule has 1 N–H and O–H groups in total. The van der Waals surface area contributed by atoms with Crippen LogP contribution in [0.3, 0.4) is 0 Å². The molecule has 5 nitrogen and oxygen atoms in total. The average molecular weight is 389 g/mol. The lowest BCUT2D eigenvalue weighted by molar-refractivity contribution is 0.0708. The molecule has 0 bridgehead atoms. The molecule has 1 amide bonds. The third kappa shape index (κ3) is 4.81. The summed E-state index contributed by atoms with van der Waals surface area (Å²) in [6.45, 7) is 2.66. The second kappa shape index (κ2) is 9.34. The van der Waals surface area contributed by atoms with Gasteiger partial charge in [0.05, 0.1) is 17.9 Å². The molecule has 3 rings (SSSR count). The van der Waals surface area contributed by atoms with Gasteiger partial charge < -0.3 is 14.9 Å². The number of carbonyl (C=O) groups excluding carboxylic acids is 1. The summed E-state index contributed by atoms with van der Waals surface area (Å²) in [6, 6.07) is 21.6. The summed E-state index contributed by atoms with van der Waals surface area (Å²) in [4.78, 5) is 21.6. The van der Waals surface area contributed by atoms with E-state index in [-0.39, 0.29) is 19.1 Å². The molecule has 1 aromatic heterocycles. The number of hydrogen-bond donors (Lipinski definition) is 1. The zero-order valence-electron chi connectivity index (χ0n) is 17.2. The van der Waals surface area contributed by atoms with Gasteiger partial charge in [0.2, 0.25) is 0 Å². The van der Waals surface area contributed by atoms with Crippen LogP contribution in [0.25, 0.3) is 11.3 Å². The summed E-state index contributed by atoms with van der Waals surface area (Å²) in [7, 11) is 3.77. The van der Waals surface area contributed by atoms with Crippen LogP contribution in [0.15, 0.2) is 66.7 Å². The Morgan fingerprint density at radius 3 is 2.31 bits per heavy atom. The first kappa shape index (κ1) is 20.6. The summed E-state index contributed by atoms with van der Waals surface area (Å²) in [5.74, 6) is 0.474. The number of aliphatic hydroxyl groups excluding tert-OH is 1. The number of hydrogen-bond acceptors (Lipinski definition) is 4. The second-order valence-electron chi connectivity index (χ2n) is 7.21. The number of aliphatic hydroxyl groups is 1. The zero-order chi connectivity index (χ0) is 20.8. The van der Waals surface area contributed by atoms with Crippen molar-refractivity contribution in [3.8, 4) is 11.3 Å². The van der Waals surface area contributed by atoms with E-state index in [0.29, 0.717) is 17.9 Å². The van der Waals surface area contributed by atoms with Crippen LogP contribution in [-0.2, 0) is 6.54 Å². The number of nitrogens with zero attached hydrogens (tertiary/aromatic N) is 3. The maximum atomic E-state index is 13.3. The highest BCUT2D eigenvalue weighted by Gasteiger charge is 2.22. The molecular formula is C24H27N3O2. The van der Waals surface area contributed by atoms with Crippen molar-refractivity contribution in [1.82, 2.24) is 9.88 Å². The van der Waals surface area contributed by atoms with E-state index in [1.54, 1.807) is 4.90 Å². The molecule has 1 heterocycles. The van der Waals surface area contributed by atoms with Crippen molar-refractivity contribution in [3.63, 3.8) is 0 Å². The monoisotopic (exact) mass is 389 g/mol. The molecule has 0 fully saturated rings. The van der Waals surface area contributed by atoms with Gasteiger partial charge in [0, 0.05) is 32.7 Å². The van der Waals surface area contributed by atoms with Crippen molar-refractivity contribution < 1.29 is 9.90 Å². The first-order valence-electron chi connectivity index (χ1n) is 9.69. The Balaban J connectivity index is 1.97. The van der Waals surface area contributed by atoms with Gasteiger partial charge in [-0.15, -0.1) is 0 Å². The Morgan fingerprint density at radius 1 is 0.966 bits per heavy atom. The van der Waals surface area contributed by atoms with Crippen LogP contribution in [0.2, 0.25) is 0 Å². The van der Waals surface area contributed by atoms with E-state index in [2.05, 4.69) is 0 Å². The maximum Gasteiger partial charge on any atom is 0.257 e. The predicted octanol–water partition coefficient (Wildman–Crippen LogP) is 3.76. The van der Waals surface area contributed by atoms with Crippen LogP contribution in [0.4, 0.5) is 5.82 Å². The normalized spacial score (nSPS) is 10.6. The van der Waals surface area contributed by atoms with Crippen LogP contribution in [-0.4, -0.2) is 48.1 Å². The lowest BCUT2D eigenvalue weighted by Crippen LogP contribution is -2.34. The van der Waals surface area contributed by atoms with Gasteiger partial charge >= 0.3 is 0 Å². The summed E-state index contributed by atoms with van der Waals surface area (Å²) in [5.41, 5.74) is 4.56. The Morgan fingerprint density at radius 2 is 1.66 bits per heavy atom. The molecule has 3 aromatic rings. The molecule has 150 valence electrons. The predicted molar refractivity (Wildman–Crippen MR) is 117 cm³/mol. The van der Waals surface area contributed by atoms with Crippen molar-refractivity contribution in [2.45, 2.75) is 13.5 Å². The van der Waals surface area contributed by atoms with E-state index in [4.69, 9.17) is 4.98 Å². The SMILES string of the molecule is Cc1ccccc1-c1ccc(C(=O)N(CCO)Cc2ccccc2)c(N(C)C)n1. The summed E-state index contributed by atoms with van der Waals surface area (Å²) >= 11 is 0. The van der Waals surface area contributed by atoms with Crippen LogP contribution < -0.4 is 4.90 Å². The topological polar surface area (TPSA) is 56.7 Å². The molecule has 5 heteroatoms. The third-order valence-electron chi connectivity index (χ3n) is 4.82. The summed E-state index contributed by atoms with van der Waals surface area (Å²) < 4.78 is 0. The number of rotatable bonds is 7. The molecule has 29 heavy (non-hydrogen) atoms. The third-order valence-corrected chi connectivity index (χ3v) is 4.82. The highest BCUT2D eigenvalue weighted by atomic mass is 16.3. The molecule has 0 aliphatic heterocycles. The largest absolute Gasteiger partial charge is 0.395 e. The Bertz CT molecular complexity index is 971. The van der Waals surface area contributed by atoms with Crippen molar-refractivity contribution >= 4 is 11.7 Å². The lowest BCUT2D eigenvalue weighted by atomic mass is 10.0. The number of pyridine rings is 1. The van der Waals surface area contributed by atoms with Crippen molar-refractivity contribution in [2.75, 3.05) is 32.1 Å². The minimum Gasteiger partial charge on any atom is -0.395 e. The second-order valence-corrected chi connectivity index (χ2v) is 7.21. The van der Waals surface area contributed by atoms with Gasteiger partial charge in [0.1, 0.15) is 5.82 Å². The van der Waals surface area contributed by atoms with Crippen LogP contribution in [0.5, 0.6) is 0 Å². The van der Waals surface area contributed by atoms with Gasteiger partial charge in [-0.05, 0) is 30.2 Å². The summed E-state index contributed by atoms with van der Waals surface area (Å²) in [6.07, 6.45) is 0. The van der Waals surface area contributed by atoms with E-state index in [1.807, 2.05) is 92.6 Å². The van der Waals surface area contributed by atoms with Gasteiger partial charge in [-0.25, -0.2) is 4.98 Å². The Labute approximate surface area is 172 Å². The molecule has 0 saturated heterocycles. The van der Waals surface area contributed by atoms with Crippen molar-refractivity contribution in [2.24, 2.45) is 0 Å². The first-order chi connectivity index (χ1) is 14.0.